The van der Waals surface area contributed by atoms with Crippen molar-refractivity contribution in [2.45, 2.75) is 9.24 Å². The van der Waals surface area contributed by atoms with Crippen LogP contribution in [0.4, 0.5) is 0 Å². The van der Waals surface area contributed by atoms with Crippen molar-refractivity contribution in [3.63, 3.8) is 0 Å². The first-order valence-corrected chi connectivity index (χ1v) is 6.81. The minimum Gasteiger partial charge on any atom is -0.409 e. The highest BCUT2D eigenvalue weighted by Crippen LogP contribution is 2.31. The average Bonchev–Trinajstić information content (AvgIpc) is 2.81. The number of aromatic nitrogens is 2. The van der Waals surface area contributed by atoms with Crippen molar-refractivity contribution in [3.8, 4) is 0 Å². The van der Waals surface area contributed by atoms with Crippen LogP contribution in [-0.2, 0) is 0 Å². The second-order valence-corrected chi connectivity index (χ2v) is 5.89. The van der Waals surface area contributed by atoms with Crippen LogP contribution in [-0.4, -0.2) is 20.4 Å². The number of nitrogens with two attached hydrogens (primary N) is 1. The molecule has 0 spiro atoms. The van der Waals surface area contributed by atoms with Crippen molar-refractivity contribution in [1.29, 1.82) is 0 Å². The molecule has 17 heavy (non-hydrogen) atoms. The van der Waals surface area contributed by atoms with E-state index in [4.69, 9.17) is 10.9 Å². The minimum absolute atomic E-state index is 0.0735. The third-order valence-electron chi connectivity index (χ3n) is 1.87. The van der Waals surface area contributed by atoms with Crippen LogP contribution in [0.15, 0.2) is 43.4 Å². The van der Waals surface area contributed by atoms with Gasteiger partial charge in [-0.15, -0.1) is 0 Å². The summed E-state index contributed by atoms with van der Waals surface area (Å²) in [5, 5.41) is 11.6. The number of amidine groups is 1. The largest absolute Gasteiger partial charge is 0.409 e. The van der Waals surface area contributed by atoms with Gasteiger partial charge in [0.1, 0.15) is 6.33 Å². The maximum atomic E-state index is 8.61. The summed E-state index contributed by atoms with van der Waals surface area (Å²) in [5.74, 6) is 0.0735. The first-order chi connectivity index (χ1) is 8.20. The van der Waals surface area contributed by atoms with Crippen LogP contribution < -0.4 is 5.73 Å². The normalized spacial score (nSPS) is 11.7. The average molecular weight is 331 g/mol. The lowest BCUT2D eigenvalue weighted by atomic mass is 10.2. The van der Waals surface area contributed by atoms with Crippen LogP contribution >= 0.6 is 39.2 Å². The third kappa shape index (κ3) is 2.96. The van der Waals surface area contributed by atoms with Crippen LogP contribution in [0.3, 0.4) is 0 Å². The Balaban J connectivity index is 2.25. The Hall–Kier alpha value is -1.12. The molecule has 0 unspecified atom stereocenters. The van der Waals surface area contributed by atoms with Gasteiger partial charge in [-0.1, -0.05) is 16.9 Å². The Kier molecular flexibility index (Phi) is 3.97. The Morgan fingerprint density at radius 2 is 2.35 bits per heavy atom. The van der Waals surface area contributed by atoms with Crippen molar-refractivity contribution in [2.75, 3.05) is 0 Å². The molecular weight excluding hydrogens is 324 g/mol. The molecule has 0 atom stereocenters. The van der Waals surface area contributed by atoms with Crippen molar-refractivity contribution in [2.24, 2.45) is 10.9 Å². The molecule has 0 amide bonds. The summed E-state index contributed by atoms with van der Waals surface area (Å²) < 4.78 is 5.56. The second kappa shape index (κ2) is 5.48. The van der Waals surface area contributed by atoms with E-state index in [1.54, 1.807) is 6.07 Å². The molecular formula is C9H7BrN4OS2. The van der Waals surface area contributed by atoms with Gasteiger partial charge < -0.3 is 10.9 Å². The van der Waals surface area contributed by atoms with Crippen LogP contribution in [0.25, 0.3) is 0 Å². The second-order valence-electron chi connectivity index (χ2n) is 2.94. The topological polar surface area (TPSA) is 84.4 Å². The number of oxime groups is 1. The molecule has 0 aliphatic heterocycles. The molecule has 3 N–H and O–H groups in total. The Morgan fingerprint density at radius 1 is 1.53 bits per heavy atom. The van der Waals surface area contributed by atoms with Crippen LogP contribution in [0, 0.1) is 0 Å². The zero-order chi connectivity index (χ0) is 12.3. The van der Waals surface area contributed by atoms with E-state index in [9.17, 15) is 0 Å². The Morgan fingerprint density at radius 3 is 2.94 bits per heavy atom. The van der Waals surface area contributed by atoms with Gasteiger partial charge in [0.15, 0.2) is 10.2 Å². The predicted octanol–water partition coefficient (Wildman–Crippen LogP) is 2.55. The van der Waals surface area contributed by atoms with E-state index in [1.807, 2.05) is 12.1 Å². The molecule has 0 fully saturated rings. The number of hydrogen-bond acceptors (Lipinski definition) is 6. The summed E-state index contributed by atoms with van der Waals surface area (Å²) >= 11 is 6.22. The molecule has 5 nitrogen and oxygen atoms in total. The molecule has 2 aromatic rings. The van der Waals surface area contributed by atoms with Gasteiger partial charge in [-0.2, -0.15) is 4.37 Å². The van der Waals surface area contributed by atoms with Gasteiger partial charge in [-0.25, -0.2) is 4.98 Å². The van der Waals surface area contributed by atoms with Gasteiger partial charge in [0, 0.05) is 14.9 Å². The third-order valence-corrected chi connectivity index (χ3v) is 4.23. The summed E-state index contributed by atoms with van der Waals surface area (Å²) in [5.41, 5.74) is 6.17. The molecule has 0 aliphatic carbocycles. The fourth-order valence-corrected chi connectivity index (χ4v) is 3.32. The summed E-state index contributed by atoms with van der Waals surface area (Å²) in [6, 6.07) is 5.55. The Bertz CT molecular complexity index is 544. The minimum atomic E-state index is 0.0735. The number of benzene rings is 1. The summed E-state index contributed by atoms with van der Waals surface area (Å²) in [6.45, 7) is 0. The standard InChI is InChI=1S/C9H7BrN4OS2/c10-7-3-5(16-9-12-4-13-17-9)1-2-6(7)8(11)14-15/h1-4,15H,(H2,11,14). The first-order valence-electron chi connectivity index (χ1n) is 4.42. The van der Waals surface area contributed by atoms with Crippen molar-refractivity contribution < 1.29 is 5.21 Å². The number of rotatable bonds is 3. The van der Waals surface area contributed by atoms with E-state index >= 15 is 0 Å². The zero-order valence-electron chi connectivity index (χ0n) is 8.37. The van der Waals surface area contributed by atoms with Gasteiger partial charge in [0.05, 0.1) is 0 Å². The van der Waals surface area contributed by atoms with E-state index in [-0.39, 0.29) is 5.84 Å². The highest BCUT2D eigenvalue weighted by atomic mass is 79.9. The van der Waals surface area contributed by atoms with Crippen molar-refractivity contribution in [3.05, 3.63) is 34.6 Å². The molecule has 1 aromatic heterocycles. The van der Waals surface area contributed by atoms with Crippen molar-refractivity contribution in [1.82, 2.24) is 9.36 Å². The lowest BCUT2D eigenvalue weighted by Gasteiger charge is -2.04. The summed E-state index contributed by atoms with van der Waals surface area (Å²) in [4.78, 5) is 5.08. The molecule has 8 heteroatoms. The van der Waals surface area contributed by atoms with E-state index < -0.39 is 0 Å². The number of hydrogen-bond donors (Lipinski definition) is 2. The monoisotopic (exact) mass is 330 g/mol. The molecule has 2 rings (SSSR count). The van der Waals surface area contributed by atoms with Crippen LogP contribution in [0.5, 0.6) is 0 Å². The molecule has 1 aromatic carbocycles. The van der Waals surface area contributed by atoms with Gasteiger partial charge >= 0.3 is 0 Å². The fourth-order valence-electron chi connectivity index (χ4n) is 1.13. The maximum absolute atomic E-state index is 8.61. The molecule has 0 bridgehead atoms. The summed E-state index contributed by atoms with van der Waals surface area (Å²) in [6.07, 6.45) is 1.52. The number of halogens is 1. The van der Waals surface area contributed by atoms with E-state index in [2.05, 4.69) is 30.4 Å². The first kappa shape index (κ1) is 12.3. The van der Waals surface area contributed by atoms with Gasteiger partial charge in [0.2, 0.25) is 0 Å². The molecule has 0 saturated heterocycles. The van der Waals surface area contributed by atoms with Gasteiger partial charge in [-0.05, 0) is 45.7 Å². The summed E-state index contributed by atoms with van der Waals surface area (Å²) in [7, 11) is 0. The van der Waals surface area contributed by atoms with Crippen molar-refractivity contribution >= 4 is 45.1 Å². The SMILES string of the molecule is N/C(=N/O)c1ccc(Sc2ncns2)cc1Br. The zero-order valence-corrected chi connectivity index (χ0v) is 11.6. The molecule has 0 saturated carbocycles. The molecule has 0 radical (unpaired) electrons. The molecule has 0 aliphatic rings. The lowest BCUT2D eigenvalue weighted by molar-refractivity contribution is 0.318. The quantitative estimate of drug-likeness (QED) is 0.391. The van der Waals surface area contributed by atoms with Gasteiger partial charge in [0.25, 0.3) is 0 Å². The highest BCUT2D eigenvalue weighted by molar-refractivity contribution is 9.10. The van der Waals surface area contributed by atoms with Crippen LogP contribution in [0.2, 0.25) is 0 Å². The number of nitrogens with zero attached hydrogens (tertiary/aromatic N) is 3. The predicted molar refractivity (Wildman–Crippen MR) is 70.7 cm³/mol. The lowest BCUT2D eigenvalue weighted by Crippen LogP contribution is -2.13. The van der Waals surface area contributed by atoms with E-state index in [1.165, 1.54) is 29.6 Å². The van der Waals surface area contributed by atoms with E-state index in [0.29, 0.717) is 5.56 Å². The highest BCUT2D eigenvalue weighted by Gasteiger charge is 2.07. The fraction of sp³-hybridized carbons (Fsp3) is 0. The van der Waals surface area contributed by atoms with Crippen LogP contribution in [0.1, 0.15) is 5.56 Å². The molecule has 88 valence electrons. The Labute approximate surface area is 114 Å². The van der Waals surface area contributed by atoms with Gasteiger partial charge in [-0.3, -0.25) is 0 Å². The maximum Gasteiger partial charge on any atom is 0.174 e. The molecule has 1 heterocycles. The smallest absolute Gasteiger partial charge is 0.174 e. The van der Waals surface area contributed by atoms with E-state index in [0.717, 1.165) is 13.7 Å².